The van der Waals surface area contributed by atoms with Crippen molar-refractivity contribution in [3.05, 3.63) is 35.9 Å². The summed E-state index contributed by atoms with van der Waals surface area (Å²) in [7, 11) is 4.75. The van der Waals surface area contributed by atoms with Gasteiger partial charge in [-0.15, -0.1) is 0 Å². The number of quaternary nitrogens is 1. The first-order valence-corrected chi connectivity index (χ1v) is 14.0. The third kappa shape index (κ3) is 18.5. The van der Waals surface area contributed by atoms with E-state index in [1.165, 1.54) is 134 Å². The molecule has 0 heterocycles. The van der Waals surface area contributed by atoms with Crippen LogP contribution in [0.4, 0.5) is 0 Å². The Morgan fingerprint density at radius 3 is 1.23 bits per heavy atom. The van der Waals surface area contributed by atoms with Crippen molar-refractivity contribution in [2.75, 3.05) is 20.6 Å². The zero-order valence-electron chi connectivity index (χ0n) is 21.7. The number of nitrogens with zero attached hydrogens (tertiary/aromatic N) is 1. The van der Waals surface area contributed by atoms with Crippen molar-refractivity contribution in [3.63, 3.8) is 0 Å². The lowest BCUT2D eigenvalue weighted by atomic mass is 10.0. The molecule has 1 nitrogen and oxygen atoms in total. The Bertz CT molecular complexity index is 478. The summed E-state index contributed by atoms with van der Waals surface area (Å²) in [6.45, 7) is 4.75. The topological polar surface area (TPSA) is 0 Å². The SMILES string of the molecule is CCCCCCCCCCCCCCCCCCCCC[N+](C)(C)Cc1ccccc1. The summed E-state index contributed by atoms with van der Waals surface area (Å²) in [6.07, 6.45) is 27.6. The third-order valence-corrected chi connectivity index (χ3v) is 6.82. The second kappa shape index (κ2) is 19.8. The summed E-state index contributed by atoms with van der Waals surface area (Å²) >= 11 is 0. The quantitative estimate of drug-likeness (QED) is 0.127. The van der Waals surface area contributed by atoms with Crippen molar-refractivity contribution in [1.82, 2.24) is 0 Å². The summed E-state index contributed by atoms with van der Waals surface area (Å²) in [5.74, 6) is 0. The number of benzene rings is 1. The van der Waals surface area contributed by atoms with E-state index in [0.29, 0.717) is 0 Å². The first-order valence-electron chi connectivity index (χ1n) is 14.0. The summed E-state index contributed by atoms with van der Waals surface area (Å²) in [4.78, 5) is 0. The van der Waals surface area contributed by atoms with E-state index in [0.717, 1.165) is 11.0 Å². The van der Waals surface area contributed by atoms with Gasteiger partial charge in [-0.25, -0.2) is 0 Å². The average molecular weight is 431 g/mol. The highest BCUT2D eigenvalue weighted by molar-refractivity contribution is 5.13. The van der Waals surface area contributed by atoms with Gasteiger partial charge >= 0.3 is 0 Å². The smallest absolute Gasteiger partial charge is 0.104 e. The molecule has 31 heavy (non-hydrogen) atoms. The van der Waals surface area contributed by atoms with Crippen LogP contribution in [-0.2, 0) is 6.54 Å². The molecule has 0 radical (unpaired) electrons. The standard InChI is InChI=1S/C30H56N/c1-4-5-6-7-8-9-10-11-12-13-14-15-16-17-18-19-20-21-25-28-31(2,3)29-30-26-23-22-24-27-30/h22-24,26-27H,4-21,25,28-29H2,1-3H3/q+1. The number of hydrogen-bond acceptors (Lipinski definition) is 0. The molecule has 0 aliphatic heterocycles. The van der Waals surface area contributed by atoms with E-state index in [4.69, 9.17) is 0 Å². The maximum atomic E-state index is 2.38. The Kier molecular flexibility index (Phi) is 18.1. The van der Waals surface area contributed by atoms with Gasteiger partial charge < -0.3 is 4.48 Å². The minimum Gasteiger partial charge on any atom is -0.325 e. The van der Waals surface area contributed by atoms with Crippen molar-refractivity contribution in [2.24, 2.45) is 0 Å². The van der Waals surface area contributed by atoms with Crippen molar-refractivity contribution < 1.29 is 4.48 Å². The molecule has 0 amide bonds. The highest BCUT2D eigenvalue weighted by Gasteiger charge is 2.14. The molecule has 0 saturated heterocycles. The van der Waals surface area contributed by atoms with Crippen LogP contribution in [0.15, 0.2) is 30.3 Å². The van der Waals surface area contributed by atoms with Crippen molar-refractivity contribution in [3.8, 4) is 0 Å². The van der Waals surface area contributed by atoms with Crippen LogP contribution < -0.4 is 0 Å². The molecule has 0 aliphatic carbocycles. The number of hydrogen-bond donors (Lipinski definition) is 0. The van der Waals surface area contributed by atoms with Gasteiger partial charge in [0.2, 0.25) is 0 Å². The average Bonchev–Trinajstić information content (AvgIpc) is 2.75. The van der Waals surface area contributed by atoms with Crippen LogP contribution in [0.1, 0.15) is 134 Å². The van der Waals surface area contributed by atoms with Gasteiger partial charge in [0, 0.05) is 5.56 Å². The van der Waals surface area contributed by atoms with Crippen LogP contribution >= 0.6 is 0 Å². The fraction of sp³-hybridized carbons (Fsp3) is 0.800. The lowest BCUT2D eigenvalue weighted by Crippen LogP contribution is -2.39. The molecule has 1 heteroatoms. The van der Waals surface area contributed by atoms with Gasteiger partial charge in [0.1, 0.15) is 6.54 Å². The fourth-order valence-electron chi connectivity index (χ4n) is 4.77. The van der Waals surface area contributed by atoms with Crippen LogP contribution in [0.2, 0.25) is 0 Å². The fourth-order valence-corrected chi connectivity index (χ4v) is 4.77. The Hall–Kier alpha value is -0.820. The van der Waals surface area contributed by atoms with Gasteiger partial charge in [0.05, 0.1) is 20.6 Å². The van der Waals surface area contributed by atoms with Crippen LogP contribution in [0, 0.1) is 0 Å². The van der Waals surface area contributed by atoms with Crippen molar-refractivity contribution in [1.29, 1.82) is 0 Å². The summed E-state index contributed by atoms with van der Waals surface area (Å²) in [5, 5.41) is 0. The first kappa shape index (κ1) is 28.2. The number of rotatable bonds is 22. The third-order valence-electron chi connectivity index (χ3n) is 6.82. The van der Waals surface area contributed by atoms with Gasteiger partial charge in [-0.2, -0.15) is 0 Å². The van der Waals surface area contributed by atoms with Crippen LogP contribution in [-0.4, -0.2) is 25.1 Å². The van der Waals surface area contributed by atoms with Gasteiger partial charge in [0.25, 0.3) is 0 Å². The summed E-state index contributed by atoms with van der Waals surface area (Å²) in [6, 6.07) is 11.0. The zero-order valence-corrected chi connectivity index (χ0v) is 21.7. The van der Waals surface area contributed by atoms with E-state index in [1.807, 2.05) is 0 Å². The molecular formula is C30H56N+. The lowest BCUT2D eigenvalue weighted by molar-refractivity contribution is -0.903. The Balaban J connectivity index is 1.78. The molecule has 0 unspecified atom stereocenters. The van der Waals surface area contributed by atoms with Crippen molar-refractivity contribution >= 4 is 0 Å². The molecule has 0 fully saturated rings. The molecule has 0 saturated carbocycles. The van der Waals surface area contributed by atoms with E-state index < -0.39 is 0 Å². The maximum absolute atomic E-state index is 2.38. The minimum atomic E-state index is 1.11. The highest BCUT2D eigenvalue weighted by atomic mass is 15.3. The molecular weight excluding hydrogens is 374 g/mol. The van der Waals surface area contributed by atoms with Gasteiger partial charge in [-0.1, -0.05) is 146 Å². The summed E-state index contributed by atoms with van der Waals surface area (Å²) in [5.41, 5.74) is 1.46. The van der Waals surface area contributed by atoms with Gasteiger partial charge in [-0.3, -0.25) is 0 Å². The number of unbranched alkanes of at least 4 members (excludes halogenated alkanes) is 18. The summed E-state index contributed by atoms with van der Waals surface area (Å²) < 4.78 is 1.11. The predicted octanol–water partition coefficient (Wildman–Crippen LogP) is 9.69. The Morgan fingerprint density at radius 2 is 0.839 bits per heavy atom. The van der Waals surface area contributed by atoms with E-state index in [2.05, 4.69) is 51.4 Å². The van der Waals surface area contributed by atoms with E-state index in [9.17, 15) is 0 Å². The maximum Gasteiger partial charge on any atom is 0.104 e. The largest absolute Gasteiger partial charge is 0.325 e. The Labute approximate surface area is 196 Å². The highest BCUT2D eigenvalue weighted by Crippen LogP contribution is 2.15. The molecule has 0 atom stereocenters. The van der Waals surface area contributed by atoms with Crippen LogP contribution in [0.5, 0.6) is 0 Å². The lowest BCUT2D eigenvalue weighted by Gasteiger charge is -2.30. The molecule has 180 valence electrons. The minimum absolute atomic E-state index is 1.11. The van der Waals surface area contributed by atoms with E-state index in [1.54, 1.807) is 0 Å². The van der Waals surface area contributed by atoms with Gasteiger partial charge in [-0.05, 0) is 12.8 Å². The van der Waals surface area contributed by atoms with Crippen LogP contribution in [0.3, 0.4) is 0 Å². The molecule has 1 aromatic rings. The van der Waals surface area contributed by atoms with E-state index in [-0.39, 0.29) is 0 Å². The monoisotopic (exact) mass is 430 g/mol. The molecule has 1 aromatic carbocycles. The predicted molar refractivity (Wildman–Crippen MR) is 141 cm³/mol. The van der Waals surface area contributed by atoms with E-state index >= 15 is 0 Å². The molecule has 0 aliphatic rings. The van der Waals surface area contributed by atoms with Gasteiger partial charge in [0.15, 0.2) is 0 Å². The molecule has 1 rings (SSSR count). The molecule has 0 aromatic heterocycles. The first-order chi connectivity index (χ1) is 15.1. The zero-order chi connectivity index (χ0) is 22.5. The van der Waals surface area contributed by atoms with Crippen molar-refractivity contribution in [2.45, 2.75) is 135 Å². The van der Waals surface area contributed by atoms with Crippen LogP contribution in [0.25, 0.3) is 0 Å². The molecule has 0 N–H and O–H groups in total. The second-order valence-corrected chi connectivity index (χ2v) is 10.7. The normalized spacial score (nSPS) is 11.8. The molecule has 0 spiro atoms. The molecule has 0 bridgehead atoms. The Morgan fingerprint density at radius 1 is 0.484 bits per heavy atom. The second-order valence-electron chi connectivity index (χ2n) is 10.7.